The number of aromatic amines is 1. The molecule has 1 aromatic heterocycles. The molecule has 5 nitrogen and oxygen atoms in total. The van der Waals surface area contributed by atoms with Crippen LogP contribution in [0.4, 0.5) is 0 Å². The molecule has 2 heterocycles. The summed E-state index contributed by atoms with van der Waals surface area (Å²) >= 11 is 0. The number of H-pyrrole nitrogens is 1. The number of aromatic nitrogens is 1. The molecule has 0 radical (unpaired) electrons. The van der Waals surface area contributed by atoms with Crippen LogP contribution >= 0.6 is 0 Å². The monoisotopic (exact) mass is 240 g/mol. The Morgan fingerprint density at radius 2 is 2.33 bits per heavy atom. The average molecular weight is 240 g/mol. The topological polar surface area (TPSA) is 73.2 Å². The van der Waals surface area contributed by atoms with Crippen LogP contribution in [-0.2, 0) is 4.74 Å². The summed E-state index contributed by atoms with van der Waals surface area (Å²) < 4.78 is 5.63. The van der Waals surface area contributed by atoms with Crippen molar-refractivity contribution in [3.05, 3.63) is 36.0 Å². The SMILES string of the molecule is CNC1OC(c2ccc3cc[nH]c3c2)=NC1C#N. The van der Waals surface area contributed by atoms with Crippen LogP contribution in [-0.4, -0.2) is 30.2 Å². The van der Waals surface area contributed by atoms with Crippen molar-refractivity contribution in [1.82, 2.24) is 10.3 Å². The predicted octanol–water partition coefficient (Wildman–Crippen LogP) is 1.38. The average Bonchev–Trinajstić information content (AvgIpc) is 3.03. The Kier molecular flexibility index (Phi) is 2.50. The van der Waals surface area contributed by atoms with Gasteiger partial charge in [-0.3, -0.25) is 5.32 Å². The molecule has 0 aliphatic carbocycles. The molecule has 1 aliphatic rings. The van der Waals surface area contributed by atoms with Crippen molar-refractivity contribution in [2.24, 2.45) is 4.99 Å². The van der Waals surface area contributed by atoms with Crippen molar-refractivity contribution in [1.29, 1.82) is 5.26 Å². The highest BCUT2D eigenvalue weighted by atomic mass is 16.5. The normalized spacial score (nSPS) is 22.6. The fourth-order valence-corrected chi connectivity index (χ4v) is 2.05. The fraction of sp³-hybridized carbons (Fsp3) is 0.231. The van der Waals surface area contributed by atoms with E-state index < -0.39 is 6.04 Å². The Bertz CT molecular complexity index is 652. The van der Waals surface area contributed by atoms with E-state index in [4.69, 9.17) is 10.00 Å². The number of rotatable bonds is 2. The highest BCUT2D eigenvalue weighted by Gasteiger charge is 2.30. The van der Waals surface area contributed by atoms with E-state index in [1.54, 1.807) is 7.05 Å². The lowest BCUT2D eigenvalue weighted by Crippen LogP contribution is -2.34. The zero-order valence-electron chi connectivity index (χ0n) is 9.84. The smallest absolute Gasteiger partial charge is 0.219 e. The van der Waals surface area contributed by atoms with E-state index >= 15 is 0 Å². The van der Waals surface area contributed by atoms with Crippen molar-refractivity contribution in [2.45, 2.75) is 12.3 Å². The third-order valence-electron chi connectivity index (χ3n) is 3.00. The molecule has 0 bridgehead atoms. The second-order valence-corrected chi connectivity index (χ2v) is 4.12. The van der Waals surface area contributed by atoms with Gasteiger partial charge in [-0.25, -0.2) is 4.99 Å². The fourth-order valence-electron chi connectivity index (χ4n) is 2.05. The lowest BCUT2D eigenvalue weighted by molar-refractivity contribution is 0.179. The first-order chi connectivity index (χ1) is 8.81. The molecule has 0 amide bonds. The Labute approximate surface area is 104 Å². The summed E-state index contributed by atoms with van der Waals surface area (Å²) in [4.78, 5) is 7.42. The van der Waals surface area contributed by atoms with Crippen LogP contribution in [0.25, 0.3) is 10.9 Å². The summed E-state index contributed by atoms with van der Waals surface area (Å²) in [6.45, 7) is 0. The van der Waals surface area contributed by atoms with Gasteiger partial charge in [0.05, 0.1) is 6.07 Å². The summed E-state index contributed by atoms with van der Waals surface area (Å²) in [5, 5.41) is 13.1. The minimum atomic E-state index is -0.496. The number of nitrogens with zero attached hydrogens (tertiary/aromatic N) is 2. The van der Waals surface area contributed by atoms with E-state index in [0.717, 1.165) is 16.5 Å². The van der Waals surface area contributed by atoms with Gasteiger partial charge < -0.3 is 9.72 Å². The summed E-state index contributed by atoms with van der Waals surface area (Å²) in [5.41, 5.74) is 1.91. The maximum Gasteiger partial charge on any atom is 0.219 e. The number of aliphatic imine (C=N–C) groups is 1. The molecule has 2 unspecified atom stereocenters. The molecule has 2 aromatic rings. The summed E-state index contributed by atoms with van der Waals surface area (Å²) in [6, 6.07) is 9.54. The van der Waals surface area contributed by atoms with Crippen molar-refractivity contribution >= 4 is 16.8 Å². The predicted molar refractivity (Wildman–Crippen MR) is 68.2 cm³/mol. The van der Waals surface area contributed by atoms with Gasteiger partial charge in [0.1, 0.15) is 0 Å². The maximum absolute atomic E-state index is 8.99. The van der Waals surface area contributed by atoms with Crippen LogP contribution in [0.5, 0.6) is 0 Å². The van der Waals surface area contributed by atoms with Crippen molar-refractivity contribution in [3.8, 4) is 6.07 Å². The maximum atomic E-state index is 8.99. The third kappa shape index (κ3) is 1.63. The van der Waals surface area contributed by atoms with Gasteiger partial charge in [-0.15, -0.1) is 0 Å². The number of likely N-dealkylation sites (N-methyl/N-ethyl adjacent to an activating group) is 1. The number of hydrogen-bond acceptors (Lipinski definition) is 4. The highest BCUT2D eigenvalue weighted by molar-refractivity contribution is 5.98. The van der Waals surface area contributed by atoms with E-state index in [2.05, 4.69) is 21.4 Å². The van der Waals surface area contributed by atoms with Crippen molar-refractivity contribution in [3.63, 3.8) is 0 Å². The highest BCUT2D eigenvalue weighted by Crippen LogP contribution is 2.20. The van der Waals surface area contributed by atoms with Gasteiger partial charge >= 0.3 is 0 Å². The van der Waals surface area contributed by atoms with Crippen LogP contribution < -0.4 is 5.32 Å². The molecule has 5 heteroatoms. The Morgan fingerprint density at radius 1 is 1.44 bits per heavy atom. The molecule has 0 spiro atoms. The molecule has 3 rings (SSSR count). The van der Waals surface area contributed by atoms with Crippen LogP contribution in [0.1, 0.15) is 5.56 Å². The summed E-state index contributed by atoms with van der Waals surface area (Å²) in [7, 11) is 1.75. The Hall–Kier alpha value is -2.32. The molecule has 1 aromatic carbocycles. The second kappa shape index (κ2) is 4.17. The molecule has 0 fully saturated rings. The molecule has 2 atom stereocenters. The lowest BCUT2D eigenvalue weighted by atomic mass is 10.1. The standard InChI is InChI=1S/C13H12N4O/c1-15-13-11(7-14)17-12(18-13)9-3-2-8-4-5-16-10(8)6-9/h2-6,11,13,15-16H,1H3. The Balaban J connectivity index is 1.98. The van der Waals surface area contributed by atoms with Crippen LogP contribution in [0.2, 0.25) is 0 Å². The van der Waals surface area contributed by atoms with Crippen molar-refractivity contribution in [2.75, 3.05) is 7.05 Å². The first kappa shape index (κ1) is 10.8. The van der Waals surface area contributed by atoms with Gasteiger partial charge in [0.15, 0.2) is 12.3 Å². The zero-order chi connectivity index (χ0) is 12.5. The van der Waals surface area contributed by atoms with Gasteiger partial charge in [0.2, 0.25) is 5.90 Å². The van der Waals surface area contributed by atoms with E-state index in [1.165, 1.54) is 0 Å². The molecule has 1 aliphatic heterocycles. The molecule has 0 saturated heterocycles. The zero-order valence-corrected chi connectivity index (χ0v) is 9.84. The molecule has 0 saturated carbocycles. The lowest BCUT2D eigenvalue weighted by Gasteiger charge is -2.11. The number of nitrogens with one attached hydrogen (secondary N) is 2. The molecule has 18 heavy (non-hydrogen) atoms. The molecular formula is C13H12N4O. The number of ether oxygens (including phenoxy) is 1. The molecule has 2 N–H and O–H groups in total. The minimum absolute atomic E-state index is 0.371. The first-order valence-electron chi connectivity index (χ1n) is 5.70. The first-order valence-corrected chi connectivity index (χ1v) is 5.70. The van der Waals surface area contributed by atoms with E-state index in [1.807, 2.05) is 30.5 Å². The van der Waals surface area contributed by atoms with E-state index in [9.17, 15) is 0 Å². The second-order valence-electron chi connectivity index (χ2n) is 4.12. The van der Waals surface area contributed by atoms with Crippen LogP contribution in [0.3, 0.4) is 0 Å². The minimum Gasteiger partial charge on any atom is -0.455 e. The number of benzene rings is 1. The van der Waals surface area contributed by atoms with E-state index in [0.29, 0.717) is 5.90 Å². The summed E-state index contributed by atoms with van der Waals surface area (Å²) in [6.07, 6.45) is 1.52. The van der Waals surface area contributed by atoms with Gasteiger partial charge in [0, 0.05) is 17.3 Å². The van der Waals surface area contributed by atoms with Gasteiger partial charge in [0.25, 0.3) is 0 Å². The third-order valence-corrected chi connectivity index (χ3v) is 3.00. The number of hydrogen-bond donors (Lipinski definition) is 2. The Morgan fingerprint density at radius 3 is 3.06 bits per heavy atom. The molecule has 90 valence electrons. The van der Waals surface area contributed by atoms with Gasteiger partial charge in [-0.2, -0.15) is 5.26 Å². The van der Waals surface area contributed by atoms with E-state index in [-0.39, 0.29) is 6.23 Å². The quantitative estimate of drug-likeness (QED) is 0.833. The van der Waals surface area contributed by atoms with Crippen molar-refractivity contribution < 1.29 is 4.74 Å². The van der Waals surface area contributed by atoms with Crippen LogP contribution in [0.15, 0.2) is 35.5 Å². The van der Waals surface area contributed by atoms with Gasteiger partial charge in [-0.05, 0) is 30.6 Å². The van der Waals surface area contributed by atoms with Gasteiger partial charge in [-0.1, -0.05) is 6.07 Å². The van der Waals surface area contributed by atoms with Crippen LogP contribution in [0, 0.1) is 11.3 Å². The summed E-state index contributed by atoms with van der Waals surface area (Å²) in [5.74, 6) is 0.511. The molecular weight excluding hydrogens is 228 g/mol. The number of fused-ring (bicyclic) bond motifs is 1. The number of nitriles is 1. The largest absolute Gasteiger partial charge is 0.455 e.